The fraction of sp³-hybridized carbons (Fsp3) is 0.0455. The van der Waals surface area contributed by atoms with Crippen LogP contribution in [0.25, 0.3) is 11.1 Å². The molecule has 1 heterocycles. The van der Waals surface area contributed by atoms with E-state index in [0.29, 0.717) is 27.6 Å². The lowest BCUT2D eigenvalue weighted by Gasteiger charge is -2.10. The number of hydrogen-bond acceptors (Lipinski definition) is 5. The number of para-hydroxylation sites is 3. The number of ketones is 1. The molecule has 0 aliphatic rings. The van der Waals surface area contributed by atoms with Crippen LogP contribution in [0.15, 0.2) is 88.5 Å². The number of amides is 1. The Hall–Kier alpha value is -3.38. The number of anilines is 1. The predicted molar refractivity (Wildman–Crippen MR) is 110 cm³/mol. The quantitative estimate of drug-likeness (QED) is 0.380. The number of nitrogens with one attached hydrogen (secondary N) is 1. The second-order valence-electron chi connectivity index (χ2n) is 6.03. The van der Waals surface area contributed by atoms with Crippen molar-refractivity contribution in [3.63, 3.8) is 0 Å². The van der Waals surface area contributed by atoms with Gasteiger partial charge in [0.05, 0.1) is 11.4 Å². The van der Waals surface area contributed by atoms with E-state index in [1.807, 2.05) is 42.5 Å². The molecule has 3 aromatic carbocycles. The van der Waals surface area contributed by atoms with Gasteiger partial charge >= 0.3 is 0 Å². The summed E-state index contributed by atoms with van der Waals surface area (Å²) in [5.74, 6) is -0.246. The number of nitrogens with zero attached hydrogens (tertiary/aromatic N) is 1. The lowest BCUT2D eigenvalue weighted by atomic mass is 10.0. The van der Waals surface area contributed by atoms with Gasteiger partial charge in [-0.15, -0.1) is 0 Å². The summed E-state index contributed by atoms with van der Waals surface area (Å²) in [4.78, 5) is 29.5. The Kier molecular flexibility index (Phi) is 5.21. The molecular weight excluding hydrogens is 372 g/mol. The summed E-state index contributed by atoms with van der Waals surface area (Å²) in [6, 6.07) is 23.4. The van der Waals surface area contributed by atoms with E-state index in [4.69, 9.17) is 4.42 Å². The maximum absolute atomic E-state index is 12.7. The number of hydrogen-bond donors (Lipinski definition) is 1. The molecule has 0 saturated carbocycles. The van der Waals surface area contributed by atoms with Gasteiger partial charge in [0.15, 0.2) is 11.4 Å². The average Bonchev–Trinajstić information content (AvgIpc) is 3.16. The molecule has 1 aromatic heterocycles. The molecule has 0 spiro atoms. The summed E-state index contributed by atoms with van der Waals surface area (Å²) in [6.45, 7) is 0. The second-order valence-corrected chi connectivity index (χ2v) is 6.95. The first kappa shape index (κ1) is 18.0. The highest BCUT2D eigenvalue weighted by Gasteiger charge is 2.15. The summed E-state index contributed by atoms with van der Waals surface area (Å²) in [5.41, 5.74) is 2.95. The van der Waals surface area contributed by atoms with Gasteiger partial charge in [-0.05, 0) is 24.3 Å². The summed E-state index contributed by atoms with van der Waals surface area (Å²) in [6.07, 6.45) is 0. The van der Waals surface area contributed by atoms with Crippen LogP contribution in [0.5, 0.6) is 0 Å². The fourth-order valence-corrected chi connectivity index (χ4v) is 3.40. The SMILES string of the molecule is O=C(CSc1nc2ccccc2o1)Nc1ccccc1C(=O)c1ccccc1. The topological polar surface area (TPSA) is 72.2 Å². The van der Waals surface area contributed by atoms with Crippen LogP contribution in [0, 0.1) is 0 Å². The molecule has 0 fully saturated rings. The first-order valence-corrected chi connectivity index (χ1v) is 9.66. The van der Waals surface area contributed by atoms with E-state index in [1.165, 1.54) is 11.8 Å². The number of benzene rings is 3. The molecule has 0 aliphatic carbocycles. The van der Waals surface area contributed by atoms with E-state index in [9.17, 15) is 9.59 Å². The monoisotopic (exact) mass is 388 g/mol. The third kappa shape index (κ3) is 3.97. The van der Waals surface area contributed by atoms with Crippen LogP contribution >= 0.6 is 11.8 Å². The smallest absolute Gasteiger partial charge is 0.257 e. The second kappa shape index (κ2) is 8.10. The van der Waals surface area contributed by atoms with E-state index < -0.39 is 0 Å². The maximum atomic E-state index is 12.7. The Morgan fingerprint density at radius 1 is 0.893 bits per heavy atom. The molecule has 28 heavy (non-hydrogen) atoms. The normalized spacial score (nSPS) is 10.7. The highest BCUT2D eigenvalue weighted by molar-refractivity contribution is 7.99. The van der Waals surface area contributed by atoms with E-state index in [2.05, 4.69) is 10.3 Å². The molecule has 0 unspecified atom stereocenters. The number of rotatable bonds is 6. The maximum Gasteiger partial charge on any atom is 0.257 e. The van der Waals surface area contributed by atoms with Gasteiger partial charge in [0.1, 0.15) is 5.52 Å². The average molecular weight is 388 g/mol. The minimum atomic E-state index is -0.236. The van der Waals surface area contributed by atoms with Gasteiger partial charge in [0.25, 0.3) is 5.22 Å². The molecule has 0 atom stereocenters. The van der Waals surface area contributed by atoms with Crippen LogP contribution in [0.1, 0.15) is 15.9 Å². The summed E-state index contributed by atoms with van der Waals surface area (Å²) in [5, 5.41) is 3.25. The van der Waals surface area contributed by atoms with E-state index in [0.717, 1.165) is 5.52 Å². The van der Waals surface area contributed by atoms with Crippen LogP contribution in [-0.2, 0) is 4.79 Å². The molecule has 0 radical (unpaired) electrons. The predicted octanol–water partition coefficient (Wildman–Crippen LogP) is 4.79. The zero-order valence-corrected chi connectivity index (χ0v) is 15.6. The van der Waals surface area contributed by atoms with Crippen molar-refractivity contribution in [1.29, 1.82) is 0 Å². The molecule has 0 saturated heterocycles. The number of thioether (sulfide) groups is 1. The van der Waals surface area contributed by atoms with E-state index in [1.54, 1.807) is 36.4 Å². The van der Waals surface area contributed by atoms with Gasteiger partial charge in [0, 0.05) is 11.1 Å². The van der Waals surface area contributed by atoms with Crippen molar-refractivity contribution in [2.45, 2.75) is 5.22 Å². The zero-order chi connectivity index (χ0) is 19.3. The highest BCUT2D eigenvalue weighted by Crippen LogP contribution is 2.24. The molecule has 0 aliphatic heterocycles. The summed E-state index contributed by atoms with van der Waals surface area (Å²) < 4.78 is 5.61. The first-order valence-electron chi connectivity index (χ1n) is 8.68. The molecule has 1 N–H and O–H groups in total. The molecule has 4 rings (SSSR count). The lowest BCUT2D eigenvalue weighted by molar-refractivity contribution is -0.113. The van der Waals surface area contributed by atoms with Gasteiger partial charge in [-0.25, -0.2) is 4.98 Å². The Morgan fingerprint density at radius 3 is 2.43 bits per heavy atom. The number of oxazole rings is 1. The Labute approximate surface area is 165 Å². The molecule has 5 nitrogen and oxygen atoms in total. The molecule has 1 amide bonds. The number of carbonyl (C=O) groups is 2. The third-order valence-electron chi connectivity index (χ3n) is 4.08. The van der Waals surface area contributed by atoms with Crippen LogP contribution in [0.4, 0.5) is 5.69 Å². The summed E-state index contributed by atoms with van der Waals surface area (Å²) in [7, 11) is 0. The number of aromatic nitrogens is 1. The summed E-state index contributed by atoms with van der Waals surface area (Å²) >= 11 is 1.21. The van der Waals surface area contributed by atoms with Crippen LogP contribution in [0.3, 0.4) is 0 Å². The zero-order valence-electron chi connectivity index (χ0n) is 14.8. The van der Waals surface area contributed by atoms with Crippen LogP contribution in [0.2, 0.25) is 0 Å². The third-order valence-corrected chi connectivity index (χ3v) is 4.91. The van der Waals surface area contributed by atoms with Crippen LogP contribution < -0.4 is 5.32 Å². The molecular formula is C22H16N2O3S. The van der Waals surface area contributed by atoms with Gasteiger partial charge in [-0.3, -0.25) is 9.59 Å². The Balaban J connectivity index is 1.45. The van der Waals surface area contributed by atoms with Crippen molar-refractivity contribution in [3.8, 4) is 0 Å². The molecule has 0 bridgehead atoms. The van der Waals surface area contributed by atoms with Crippen molar-refractivity contribution in [3.05, 3.63) is 90.0 Å². The van der Waals surface area contributed by atoms with Gasteiger partial charge < -0.3 is 9.73 Å². The van der Waals surface area contributed by atoms with Crippen molar-refractivity contribution >= 4 is 40.2 Å². The molecule has 6 heteroatoms. The van der Waals surface area contributed by atoms with Crippen molar-refractivity contribution in [2.75, 3.05) is 11.1 Å². The van der Waals surface area contributed by atoms with E-state index in [-0.39, 0.29) is 17.4 Å². The number of carbonyl (C=O) groups excluding carboxylic acids is 2. The van der Waals surface area contributed by atoms with Gasteiger partial charge in [-0.2, -0.15) is 0 Å². The van der Waals surface area contributed by atoms with Crippen molar-refractivity contribution in [2.24, 2.45) is 0 Å². The van der Waals surface area contributed by atoms with Gasteiger partial charge in [-0.1, -0.05) is 66.4 Å². The minimum Gasteiger partial charge on any atom is -0.431 e. The molecule has 4 aromatic rings. The van der Waals surface area contributed by atoms with Gasteiger partial charge in [0.2, 0.25) is 5.91 Å². The van der Waals surface area contributed by atoms with Crippen molar-refractivity contribution < 1.29 is 14.0 Å². The highest BCUT2D eigenvalue weighted by atomic mass is 32.2. The largest absolute Gasteiger partial charge is 0.431 e. The Bertz CT molecular complexity index is 1110. The van der Waals surface area contributed by atoms with Crippen LogP contribution in [-0.4, -0.2) is 22.4 Å². The minimum absolute atomic E-state index is 0.126. The number of fused-ring (bicyclic) bond motifs is 1. The van der Waals surface area contributed by atoms with Crippen molar-refractivity contribution in [1.82, 2.24) is 4.98 Å². The standard InChI is InChI=1S/C22H16N2O3S/c25-20(14-28-22-24-18-12-6-7-13-19(18)27-22)23-17-11-5-4-10-16(17)21(26)15-8-2-1-3-9-15/h1-13H,14H2,(H,23,25). The molecule has 138 valence electrons. The first-order chi connectivity index (χ1) is 13.7. The fourth-order valence-electron chi connectivity index (χ4n) is 2.76. The lowest BCUT2D eigenvalue weighted by Crippen LogP contribution is -2.16. The Morgan fingerprint density at radius 2 is 1.61 bits per heavy atom. The van der Waals surface area contributed by atoms with E-state index >= 15 is 0 Å².